The summed E-state index contributed by atoms with van der Waals surface area (Å²) in [6.07, 6.45) is 6.65. The minimum atomic E-state index is 0.0511. The van der Waals surface area contributed by atoms with Crippen LogP contribution < -0.4 is 20.5 Å². The highest BCUT2D eigenvalue weighted by Crippen LogP contribution is 2.31. The number of aryl methyl sites for hydroxylation is 1. The number of aromatic nitrogens is 3. The number of ether oxygens (including phenoxy) is 1. The van der Waals surface area contributed by atoms with Crippen LogP contribution in [0.3, 0.4) is 0 Å². The SMILES string of the molecule is Cn1cc(-c2cnc3c(c2)NCC(CNCCc2cccc(SN)c2)O3)cn1.c1ccccc1. The van der Waals surface area contributed by atoms with Gasteiger partial charge in [0.25, 0.3) is 0 Å². The number of benzene rings is 2. The zero-order valence-corrected chi connectivity index (χ0v) is 20.0. The maximum absolute atomic E-state index is 6.04. The number of pyridine rings is 1. The average molecular weight is 475 g/mol. The highest BCUT2D eigenvalue weighted by atomic mass is 32.2. The van der Waals surface area contributed by atoms with Gasteiger partial charge >= 0.3 is 0 Å². The van der Waals surface area contributed by atoms with Crippen molar-refractivity contribution in [1.29, 1.82) is 0 Å². The van der Waals surface area contributed by atoms with Gasteiger partial charge in [0.2, 0.25) is 5.88 Å². The summed E-state index contributed by atoms with van der Waals surface area (Å²) in [6.45, 7) is 2.40. The second kappa shape index (κ2) is 12.2. The fourth-order valence-corrected chi connectivity index (χ4v) is 3.97. The van der Waals surface area contributed by atoms with Crippen molar-refractivity contribution in [2.45, 2.75) is 17.4 Å². The topological polar surface area (TPSA) is 90.0 Å². The molecule has 8 heteroatoms. The monoisotopic (exact) mass is 474 g/mol. The summed E-state index contributed by atoms with van der Waals surface area (Å²) in [6, 6.07) is 22.4. The number of hydrogen-bond acceptors (Lipinski definition) is 7. The molecule has 0 saturated carbocycles. The van der Waals surface area contributed by atoms with Crippen molar-refractivity contribution in [3.05, 3.63) is 90.9 Å². The van der Waals surface area contributed by atoms with Crippen LogP contribution in [-0.2, 0) is 13.5 Å². The first-order valence-corrected chi connectivity index (χ1v) is 12.2. The molecule has 0 bridgehead atoms. The number of anilines is 1. The van der Waals surface area contributed by atoms with Crippen LogP contribution in [0.5, 0.6) is 5.88 Å². The molecule has 1 atom stereocenters. The number of fused-ring (bicyclic) bond motifs is 1. The summed E-state index contributed by atoms with van der Waals surface area (Å²) in [5.74, 6) is 0.651. The van der Waals surface area contributed by atoms with E-state index in [1.165, 1.54) is 17.5 Å². The molecule has 2 aromatic heterocycles. The minimum absolute atomic E-state index is 0.0511. The predicted molar refractivity (Wildman–Crippen MR) is 139 cm³/mol. The van der Waals surface area contributed by atoms with Gasteiger partial charge in [0.1, 0.15) is 6.10 Å². The maximum Gasteiger partial charge on any atom is 0.237 e. The number of nitrogens with two attached hydrogens (primary N) is 1. The highest BCUT2D eigenvalue weighted by Gasteiger charge is 2.20. The van der Waals surface area contributed by atoms with Gasteiger partial charge in [-0.2, -0.15) is 5.10 Å². The zero-order valence-electron chi connectivity index (χ0n) is 19.2. The lowest BCUT2D eigenvalue weighted by molar-refractivity contribution is 0.194. The van der Waals surface area contributed by atoms with Crippen molar-refractivity contribution in [3.8, 4) is 17.0 Å². The minimum Gasteiger partial charge on any atom is -0.470 e. The second-order valence-corrected chi connectivity index (χ2v) is 8.68. The van der Waals surface area contributed by atoms with Crippen LogP contribution in [0, 0.1) is 0 Å². The van der Waals surface area contributed by atoms with Gasteiger partial charge in [-0.15, -0.1) is 0 Å². The summed E-state index contributed by atoms with van der Waals surface area (Å²) in [7, 11) is 1.90. The molecule has 0 radical (unpaired) electrons. The van der Waals surface area contributed by atoms with Crippen LogP contribution in [-0.4, -0.2) is 40.5 Å². The normalized spacial score (nSPS) is 14.2. The van der Waals surface area contributed by atoms with E-state index in [9.17, 15) is 0 Å². The van der Waals surface area contributed by atoms with Crippen molar-refractivity contribution in [2.24, 2.45) is 12.2 Å². The van der Waals surface area contributed by atoms with Crippen LogP contribution in [0.4, 0.5) is 5.69 Å². The van der Waals surface area contributed by atoms with Crippen LogP contribution >= 0.6 is 11.9 Å². The van der Waals surface area contributed by atoms with E-state index in [1.54, 1.807) is 4.68 Å². The van der Waals surface area contributed by atoms with Crippen molar-refractivity contribution >= 4 is 17.6 Å². The van der Waals surface area contributed by atoms with Crippen molar-refractivity contribution < 1.29 is 4.74 Å². The Hall–Kier alpha value is -3.33. The lowest BCUT2D eigenvalue weighted by atomic mass is 10.1. The fourth-order valence-electron chi connectivity index (χ4n) is 3.59. The van der Waals surface area contributed by atoms with E-state index in [0.717, 1.165) is 47.8 Å². The second-order valence-electron chi connectivity index (χ2n) is 7.97. The Morgan fingerprint density at radius 3 is 2.59 bits per heavy atom. The Morgan fingerprint density at radius 1 is 1.09 bits per heavy atom. The predicted octanol–water partition coefficient (Wildman–Crippen LogP) is 4.14. The molecule has 5 rings (SSSR count). The molecule has 1 unspecified atom stereocenters. The Balaban J connectivity index is 0.000000398. The van der Waals surface area contributed by atoms with E-state index in [0.29, 0.717) is 5.88 Å². The molecule has 1 aliphatic heterocycles. The van der Waals surface area contributed by atoms with Crippen molar-refractivity contribution in [1.82, 2.24) is 20.1 Å². The molecule has 7 nitrogen and oxygen atoms in total. The molecule has 4 aromatic rings. The molecule has 34 heavy (non-hydrogen) atoms. The molecule has 0 fully saturated rings. The summed E-state index contributed by atoms with van der Waals surface area (Å²) in [5.41, 5.74) is 4.27. The lowest BCUT2D eigenvalue weighted by Crippen LogP contribution is -2.40. The van der Waals surface area contributed by atoms with Crippen molar-refractivity contribution in [3.63, 3.8) is 0 Å². The number of hydrogen-bond donors (Lipinski definition) is 3. The van der Waals surface area contributed by atoms with E-state index < -0.39 is 0 Å². The quantitative estimate of drug-likeness (QED) is 0.274. The molecule has 1 aliphatic rings. The molecule has 176 valence electrons. The van der Waals surface area contributed by atoms with E-state index in [2.05, 4.69) is 38.9 Å². The largest absolute Gasteiger partial charge is 0.470 e. The third kappa shape index (κ3) is 6.84. The van der Waals surface area contributed by atoms with Crippen molar-refractivity contribution in [2.75, 3.05) is 25.0 Å². The first kappa shape index (κ1) is 23.8. The first-order valence-electron chi connectivity index (χ1n) is 11.3. The van der Waals surface area contributed by atoms with Gasteiger partial charge in [-0.1, -0.05) is 48.5 Å². The van der Waals surface area contributed by atoms with Gasteiger partial charge in [-0.05, 0) is 48.7 Å². The Morgan fingerprint density at radius 2 is 1.88 bits per heavy atom. The molecular weight excluding hydrogens is 444 g/mol. The Kier molecular flexibility index (Phi) is 8.56. The molecular formula is C26H30N6OS. The van der Waals surface area contributed by atoms with Crippen LogP contribution in [0.15, 0.2) is 90.2 Å². The van der Waals surface area contributed by atoms with E-state index in [1.807, 2.05) is 74.2 Å². The molecule has 0 amide bonds. The number of nitrogens with zero attached hydrogens (tertiary/aromatic N) is 3. The van der Waals surface area contributed by atoms with E-state index in [-0.39, 0.29) is 6.10 Å². The van der Waals surface area contributed by atoms with Gasteiger partial charge in [0, 0.05) is 42.0 Å². The Bertz CT molecular complexity index is 1140. The maximum atomic E-state index is 6.04. The van der Waals surface area contributed by atoms with Gasteiger partial charge in [-0.25, -0.2) is 4.98 Å². The number of rotatable bonds is 7. The van der Waals surface area contributed by atoms with Gasteiger partial charge in [0.05, 0.1) is 18.4 Å². The summed E-state index contributed by atoms with van der Waals surface area (Å²) < 4.78 is 7.82. The van der Waals surface area contributed by atoms with Gasteiger partial charge in [-0.3, -0.25) is 9.82 Å². The standard InChI is InChI=1S/C20H24N6OS.C6H6/c1-26-13-16(10-25-26)15-8-19-20(24-9-15)27-17(12-23-19)11-22-6-5-14-3-2-4-18(7-14)28-21;1-2-4-6-5-3-1/h2-4,7-10,13,17,22-23H,5-6,11-12,21H2,1H3;1-6H. The molecule has 0 aliphatic carbocycles. The van der Waals surface area contributed by atoms with Crippen LogP contribution in [0.2, 0.25) is 0 Å². The molecule has 2 aromatic carbocycles. The van der Waals surface area contributed by atoms with Crippen LogP contribution in [0.25, 0.3) is 11.1 Å². The van der Waals surface area contributed by atoms with Crippen LogP contribution in [0.1, 0.15) is 5.56 Å². The van der Waals surface area contributed by atoms with Gasteiger partial charge < -0.3 is 15.4 Å². The third-order valence-corrected chi connectivity index (χ3v) is 5.88. The number of nitrogens with one attached hydrogen (secondary N) is 2. The molecule has 4 N–H and O–H groups in total. The summed E-state index contributed by atoms with van der Waals surface area (Å²) in [5, 5.41) is 16.7. The summed E-state index contributed by atoms with van der Waals surface area (Å²) in [4.78, 5) is 5.57. The highest BCUT2D eigenvalue weighted by molar-refractivity contribution is 7.97. The van der Waals surface area contributed by atoms with E-state index in [4.69, 9.17) is 9.88 Å². The Labute approximate surface area is 204 Å². The average Bonchev–Trinajstić information content (AvgIpc) is 3.34. The molecule has 0 saturated heterocycles. The summed E-state index contributed by atoms with van der Waals surface area (Å²) >= 11 is 1.28. The zero-order chi connectivity index (χ0) is 23.6. The molecule has 3 heterocycles. The molecule has 0 spiro atoms. The van der Waals surface area contributed by atoms with E-state index >= 15 is 0 Å². The smallest absolute Gasteiger partial charge is 0.237 e. The lowest BCUT2D eigenvalue weighted by Gasteiger charge is -2.27. The first-order chi connectivity index (χ1) is 16.7. The fraction of sp³-hybridized carbons (Fsp3) is 0.231. The van der Waals surface area contributed by atoms with Gasteiger partial charge in [0.15, 0.2) is 0 Å². The third-order valence-electron chi connectivity index (χ3n) is 5.35.